The first-order chi connectivity index (χ1) is 15.8. The summed E-state index contributed by atoms with van der Waals surface area (Å²) in [7, 11) is 0. The minimum Gasteiger partial charge on any atom is -0.493 e. The van der Waals surface area contributed by atoms with Crippen molar-refractivity contribution in [3.8, 4) is 5.75 Å². The first-order valence-corrected chi connectivity index (χ1v) is 11.5. The minimum atomic E-state index is -4.46. The van der Waals surface area contributed by atoms with Crippen molar-refractivity contribution in [1.82, 2.24) is 9.88 Å². The van der Waals surface area contributed by atoms with Crippen LogP contribution in [0.15, 0.2) is 48.5 Å². The summed E-state index contributed by atoms with van der Waals surface area (Å²) in [4.78, 5) is 6.93. The predicted octanol–water partition coefficient (Wildman–Crippen LogP) is 6.95. The maximum Gasteiger partial charge on any atom is 0.416 e. The molecule has 1 aliphatic rings. The number of aromatic nitrogens is 1. The zero-order valence-corrected chi connectivity index (χ0v) is 19.1. The van der Waals surface area contributed by atoms with Gasteiger partial charge < -0.3 is 15.0 Å². The molecule has 0 amide bonds. The van der Waals surface area contributed by atoms with E-state index in [9.17, 15) is 13.2 Å². The molecule has 1 atom stereocenters. The van der Waals surface area contributed by atoms with Gasteiger partial charge in [0.2, 0.25) is 0 Å². The second-order valence-electron chi connectivity index (χ2n) is 8.78. The summed E-state index contributed by atoms with van der Waals surface area (Å²) in [6.45, 7) is 6.45. The van der Waals surface area contributed by atoms with Gasteiger partial charge in [0.25, 0.3) is 0 Å². The number of rotatable bonds is 7. The number of piperidine rings is 1. The summed E-state index contributed by atoms with van der Waals surface area (Å²) in [6.07, 6.45) is -0.0169. The summed E-state index contributed by atoms with van der Waals surface area (Å²) < 4.78 is 46.5. The monoisotopic (exact) mass is 457 g/mol. The highest BCUT2D eigenvalue weighted by atomic mass is 19.4. The Morgan fingerprint density at radius 3 is 2.73 bits per heavy atom. The van der Waals surface area contributed by atoms with E-state index >= 15 is 0 Å². The Morgan fingerprint density at radius 1 is 1.12 bits per heavy atom. The van der Waals surface area contributed by atoms with Crippen molar-refractivity contribution in [2.45, 2.75) is 51.7 Å². The van der Waals surface area contributed by atoms with Gasteiger partial charge in [0, 0.05) is 41.1 Å². The van der Waals surface area contributed by atoms with Crippen LogP contribution in [-0.2, 0) is 6.18 Å². The molecule has 3 aromatic rings. The molecule has 2 heterocycles. The van der Waals surface area contributed by atoms with Crippen molar-refractivity contribution < 1.29 is 17.9 Å². The standard InChI is InChI=1S/C26H30F3N3O/c1-18-14-25(23-9-3-4-10-24(23)30-18)31-21-15-20(26(27,28)29)16-22(17-21)33-13-7-12-32-11-6-5-8-19(32)2/h3-4,9-10,14-17,19H,5-8,11-13H2,1-2H3,(H,30,31)/t19-/m1/s1. The number of fused-ring (bicyclic) bond motifs is 1. The molecule has 176 valence electrons. The van der Waals surface area contributed by atoms with E-state index in [1.54, 1.807) is 6.07 Å². The number of aryl methyl sites for hydroxylation is 1. The third-order valence-electron chi connectivity index (χ3n) is 6.16. The Hall–Kier alpha value is -2.80. The molecule has 1 N–H and O–H groups in total. The normalized spacial score (nSPS) is 17.3. The van der Waals surface area contributed by atoms with Crippen LogP contribution < -0.4 is 10.1 Å². The van der Waals surface area contributed by atoms with Crippen LogP contribution in [0, 0.1) is 6.92 Å². The van der Waals surface area contributed by atoms with Gasteiger partial charge in [-0.05, 0) is 63.9 Å². The molecular weight excluding hydrogens is 427 g/mol. The highest BCUT2D eigenvalue weighted by Crippen LogP contribution is 2.36. The van der Waals surface area contributed by atoms with Crippen molar-refractivity contribution in [2.24, 2.45) is 0 Å². The maximum atomic E-state index is 13.6. The second kappa shape index (κ2) is 10.00. The van der Waals surface area contributed by atoms with Crippen molar-refractivity contribution in [2.75, 3.05) is 25.0 Å². The van der Waals surface area contributed by atoms with E-state index in [1.807, 2.05) is 37.3 Å². The Balaban J connectivity index is 1.51. The molecule has 0 aliphatic carbocycles. The number of benzene rings is 2. The molecule has 0 spiro atoms. The number of pyridine rings is 1. The molecule has 0 saturated carbocycles. The summed E-state index contributed by atoms with van der Waals surface area (Å²) in [5.74, 6) is 0.217. The van der Waals surface area contributed by atoms with Gasteiger partial charge in [0.15, 0.2) is 0 Å². The molecule has 7 heteroatoms. The van der Waals surface area contributed by atoms with E-state index in [1.165, 1.54) is 19.3 Å². The molecule has 0 radical (unpaired) electrons. The van der Waals surface area contributed by atoms with Gasteiger partial charge in [-0.2, -0.15) is 13.2 Å². The number of nitrogens with zero attached hydrogens (tertiary/aromatic N) is 2. The Bertz CT molecular complexity index is 1100. The van der Waals surface area contributed by atoms with Crippen LogP contribution in [-0.4, -0.2) is 35.6 Å². The maximum absolute atomic E-state index is 13.6. The minimum absolute atomic E-state index is 0.217. The first kappa shape index (κ1) is 23.4. The lowest BCUT2D eigenvalue weighted by atomic mass is 10.0. The van der Waals surface area contributed by atoms with Crippen LogP contribution in [0.2, 0.25) is 0 Å². The van der Waals surface area contributed by atoms with Crippen LogP contribution in [0.5, 0.6) is 5.75 Å². The molecule has 33 heavy (non-hydrogen) atoms. The zero-order chi connectivity index (χ0) is 23.4. The fourth-order valence-electron chi connectivity index (χ4n) is 4.43. The number of anilines is 2. The fourth-order valence-corrected chi connectivity index (χ4v) is 4.43. The predicted molar refractivity (Wildman–Crippen MR) is 126 cm³/mol. The van der Waals surface area contributed by atoms with Gasteiger partial charge >= 0.3 is 6.18 Å². The molecule has 0 bridgehead atoms. The largest absolute Gasteiger partial charge is 0.493 e. The topological polar surface area (TPSA) is 37.4 Å². The van der Waals surface area contributed by atoms with E-state index < -0.39 is 11.7 Å². The van der Waals surface area contributed by atoms with E-state index in [0.29, 0.717) is 24.0 Å². The molecule has 1 aliphatic heterocycles. The molecule has 2 aromatic carbocycles. The third-order valence-corrected chi connectivity index (χ3v) is 6.16. The molecular formula is C26H30F3N3O. The van der Waals surface area contributed by atoms with Crippen LogP contribution >= 0.6 is 0 Å². The number of alkyl halides is 3. The number of nitrogens with one attached hydrogen (secondary N) is 1. The van der Waals surface area contributed by atoms with Crippen molar-refractivity contribution >= 4 is 22.3 Å². The number of likely N-dealkylation sites (tertiary alicyclic amines) is 1. The van der Waals surface area contributed by atoms with Gasteiger partial charge in [-0.25, -0.2) is 0 Å². The summed E-state index contributed by atoms with van der Waals surface area (Å²) in [6, 6.07) is 13.8. The molecule has 4 nitrogen and oxygen atoms in total. The van der Waals surface area contributed by atoms with Crippen molar-refractivity contribution in [3.63, 3.8) is 0 Å². The SMILES string of the molecule is Cc1cc(Nc2cc(OCCCN3CCCC[C@H]3C)cc(C(F)(F)F)c2)c2ccccc2n1. The lowest BCUT2D eigenvalue weighted by molar-refractivity contribution is -0.137. The van der Waals surface area contributed by atoms with Crippen molar-refractivity contribution in [1.29, 1.82) is 0 Å². The molecule has 1 saturated heterocycles. The summed E-state index contributed by atoms with van der Waals surface area (Å²) in [5, 5.41) is 4.01. The molecule has 0 unspecified atom stereocenters. The smallest absolute Gasteiger partial charge is 0.416 e. The number of ether oxygens (including phenoxy) is 1. The molecule has 4 rings (SSSR count). The number of halogens is 3. The highest BCUT2D eigenvalue weighted by Gasteiger charge is 2.31. The first-order valence-electron chi connectivity index (χ1n) is 11.5. The van der Waals surface area contributed by atoms with Crippen LogP contribution in [0.3, 0.4) is 0 Å². The summed E-state index contributed by atoms with van der Waals surface area (Å²) >= 11 is 0. The number of hydrogen-bond acceptors (Lipinski definition) is 4. The van der Waals surface area contributed by atoms with Gasteiger partial charge in [0.1, 0.15) is 5.75 Å². The Morgan fingerprint density at radius 2 is 1.94 bits per heavy atom. The lowest BCUT2D eigenvalue weighted by Crippen LogP contribution is -2.38. The van der Waals surface area contributed by atoms with Gasteiger partial charge in [-0.3, -0.25) is 4.98 Å². The van der Waals surface area contributed by atoms with Crippen molar-refractivity contribution in [3.05, 3.63) is 59.8 Å². The quantitative estimate of drug-likeness (QED) is 0.390. The van der Waals surface area contributed by atoms with Crippen LogP contribution in [0.4, 0.5) is 24.5 Å². The van der Waals surface area contributed by atoms with Gasteiger partial charge in [-0.1, -0.05) is 24.6 Å². The van der Waals surface area contributed by atoms with E-state index in [-0.39, 0.29) is 5.75 Å². The third kappa shape index (κ3) is 5.96. The van der Waals surface area contributed by atoms with E-state index in [0.717, 1.165) is 48.2 Å². The van der Waals surface area contributed by atoms with Crippen LogP contribution in [0.1, 0.15) is 43.9 Å². The zero-order valence-electron chi connectivity index (χ0n) is 19.1. The lowest BCUT2D eigenvalue weighted by Gasteiger charge is -2.33. The molecule has 1 fully saturated rings. The van der Waals surface area contributed by atoms with Gasteiger partial charge in [-0.15, -0.1) is 0 Å². The average molecular weight is 458 g/mol. The summed E-state index contributed by atoms with van der Waals surface area (Å²) in [5.41, 5.74) is 1.88. The van der Waals surface area contributed by atoms with E-state index in [4.69, 9.17) is 4.74 Å². The van der Waals surface area contributed by atoms with E-state index in [2.05, 4.69) is 22.1 Å². The number of para-hydroxylation sites is 1. The second-order valence-corrected chi connectivity index (χ2v) is 8.78. The highest BCUT2D eigenvalue weighted by molar-refractivity contribution is 5.93. The fraction of sp³-hybridized carbons (Fsp3) is 0.423. The van der Waals surface area contributed by atoms with Crippen LogP contribution in [0.25, 0.3) is 10.9 Å². The number of hydrogen-bond donors (Lipinski definition) is 1. The average Bonchev–Trinajstić information content (AvgIpc) is 2.77. The van der Waals surface area contributed by atoms with Gasteiger partial charge in [0.05, 0.1) is 17.7 Å². The Kier molecular flexibility index (Phi) is 7.08. The molecule has 1 aromatic heterocycles. The Labute approximate surface area is 192 Å².